The average Bonchev–Trinajstić information content (AvgIpc) is 3.40. The Kier molecular flexibility index (Phi) is 7.28. The Balaban J connectivity index is 1.36. The van der Waals surface area contributed by atoms with Gasteiger partial charge in [-0.05, 0) is 48.0 Å². The summed E-state index contributed by atoms with van der Waals surface area (Å²) in [5.41, 5.74) is 1.84. The van der Waals surface area contributed by atoms with E-state index in [1.807, 2.05) is 36.4 Å². The topological polar surface area (TPSA) is 114 Å². The summed E-state index contributed by atoms with van der Waals surface area (Å²) >= 11 is 1.33. The van der Waals surface area contributed by atoms with Gasteiger partial charge in [0.25, 0.3) is 5.91 Å². The van der Waals surface area contributed by atoms with E-state index < -0.39 is 17.1 Å². The lowest BCUT2D eigenvalue weighted by Crippen LogP contribution is -2.19. The van der Waals surface area contributed by atoms with Gasteiger partial charge < -0.3 is 25.2 Å². The molecule has 1 atom stereocenters. The van der Waals surface area contributed by atoms with E-state index in [0.717, 1.165) is 10.5 Å². The van der Waals surface area contributed by atoms with E-state index in [4.69, 9.17) is 9.47 Å². The fraction of sp³-hybridized carbons (Fsp3) is 0.0690. The Morgan fingerprint density at radius 1 is 0.737 bits per heavy atom. The number of hydrogen-bond acceptors (Lipinski definition) is 6. The van der Waals surface area contributed by atoms with Gasteiger partial charge in [-0.2, -0.15) is 0 Å². The van der Waals surface area contributed by atoms with Crippen LogP contribution >= 0.6 is 11.8 Å². The minimum absolute atomic E-state index is 0.0586. The number of thioether (sulfide) groups is 1. The molecule has 4 aromatic rings. The van der Waals surface area contributed by atoms with Gasteiger partial charge in [-0.1, -0.05) is 48.5 Å². The van der Waals surface area contributed by atoms with Gasteiger partial charge in [0.15, 0.2) is 11.5 Å². The van der Waals surface area contributed by atoms with Crippen LogP contribution in [0.3, 0.4) is 0 Å². The number of carbonyl (C=O) groups is 3. The maximum Gasteiger partial charge on any atom is 0.336 e. The number of hydrogen-bond donors (Lipinski definition) is 3. The van der Waals surface area contributed by atoms with Crippen molar-refractivity contribution in [3.8, 4) is 11.5 Å². The zero-order valence-electron chi connectivity index (χ0n) is 19.9. The molecule has 1 aliphatic rings. The number of fused-ring (bicyclic) bond motifs is 1. The van der Waals surface area contributed by atoms with Gasteiger partial charge >= 0.3 is 5.97 Å². The van der Waals surface area contributed by atoms with E-state index in [2.05, 4.69) is 10.6 Å². The third-order valence-electron chi connectivity index (χ3n) is 5.73. The molecule has 2 amide bonds. The summed E-state index contributed by atoms with van der Waals surface area (Å²) in [7, 11) is 0. The van der Waals surface area contributed by atoms with Crippen LogP contribution in [0, 0.1) is 0 Å². The molecule has 9 heteroatoms. The molecule has 190 valence electrons. The molecule has 0 radical (unpaired) electrons. The third kappa shape index (κ3) is 5.63. The van der Waals surface area contributed by atoms with Crippen molar-refractivity contribution in [2.75, 3.05) is 17.4 Å². The second kappa shape index (κ2) is 11.1. The van der Waals surface area contributed by atoms with Gasteiger partial charge in [-0.3, -0.25) is 9.59 Å². The zero-order chi connectivity index (χ0) is 26.5. The predicted octanol–water partition coefficient (Wildman–Crippen LogP) is 5.84. The normalized spacial score (nSPS) is 12.4. The standard InChI is InChI=1S/C29H22N2O6S/c32-27(22-11-4-5-12-23(22)29(34)35)30-19-9-6-10-21(15-19)38-26(18-7-2-1-3-8-18)28(33)31-20-13-14-24-25(16-20)37-17-36-24/h1-16,26H,17H2,(H,30,32)(H,31,33)(H,34,35). The molecule has 0 aliphatic carbocycles. The lowest BCUT2D eigenvalue weighted by Gasteiger charge is -2.18. The molecule has 1 aliphatic heterocycles. The monoisotopic (exact) mass is 526 g/mol. The van der Waals surface area contributed by atoms with Gasteiger partial charge in [0, 0.05) is 22.3 Å². The average molecular weight is 527 g/mol. The Hall–Kier alpha value is -4.76. The minimum atomic E-state index is -1.18. The van der Waals surface area contributed by atoms with Gasteiger partial charge in [0.2, 0.25) is 12.7 Å². The highest BCUT2D eigenvalue weighted by Gasteiger charge is 2.24. The molecule has 0 saturated heterocycles. The number of ether oxygens (including phenoxy) is 2. The fourth-order valence-corrected chi connectivity index (χ4v) is 5.02. The maximum absolute atomic E-state index is 13.4. The van der Waals surface area contributed by atoms with Crippen LogP contribution in [0.2, 0.25) is 0 Å². The summed E-state index contributed by atoms with van der Waals surface area (Å²) in [6, 6.07) is 27.7. The highest BCUT2D eigenvalue weighted by Crippen LogP contribution is 2.39. The maximum atomic E-state index is 13.4. The Bertz CT molecular complexity index is 1510. The number of nitrogens with one attached hydrogen (secondary N) is 2. The number of aromatic carboxylic acids is 1. The first-order chi connectivity index (χ1) is 18.5. The largest absolute Gasteiger partial charge is 0.478 e. The summed E-state index contributed by atoms with van der Waals surface area (Å²) in [6.45, 7) is 0.143. The summed E-state index contributed by atoms with van der Waals surface area (Å²) in [5.74, 6) is -0.754. The molecule has 0 spiro atoms. The Morgan fingerprint density at radius 3 is 2.24 bits per heavy atom. The molecule has 0 saturated carbocycles. The van der Waals surface area contributed by atoms with Crippen LogP contribution in [-0.4, -0.2) is 29.7 Å². The molecule has 4 aromatic carbocycles. The van der Waals surface area contributed by atoms with Crippen LogP contribution < -0.4 is 20.1 Å². The molecule has 1 heterocycles. The Morgan fingerprint density at radius 2 is 1.45 bits per heavy atom. The molecule has 0 fully saturated rings. The van der Waals surface area contributed by atoms with E-state index in [0.29, 0.717) is 22.9 Å². The van der Waals surface area contributed by atoms with Crippen molar-refractivity contribution in [2.24, 2.45) is 0 Å². The number of anilines is 2. The molecule has 3 N–H and O–H groups in total. The lowest BCUT2D eigenvalue weighted by molar-refractivity contribution is -0.115. The highest BCUT2D eigenvalue weighted by atomic mass is 32.2. The second-order valence-corrected chi connectivity index (χ2v) is 9.48. The quantitative estimate of drug-likeness (QED) is 0.247. The molecule has 8 nitrogen and oxygen atoms in total. The first-order valence-corrected chi connectivity index (χ1v) is 12.5. The predicted molar refractivity (Wildman–Crippen MR) is 144 cm³/mol. The van der Waals surface area contributed by atoms with Gasteiger partial charge in [0.05, 0.1) is 11.1 Å². The van der Waals surface area contributed by atoms with E-state index in [1.165, 1.54) is 23.9 Å². The minimum Gasteiger partial charge on any atom is -0.478 e. The van der Waals surface area contributed by atoms with Crippen molar-refractivity contribution in [3.05, 3.63) is 114 Å². The van der Waals surface area contributed by atoms with Crippen LogP contribution in [0.25, 0.3) is 0 Å². The highest BCUT2D eigenvalue weighted by molar-refractivity contribution is 8.00. The van der Waals surface area contributed by atoms with Crippen molar-refractivity contribution in [1.29, 1.82) is 0 Å². The fourth-order valence-electron chi connectivity index (χ4n) is 3.93. The molecule has 0 bridgehead atoms. The molecule has 5 rings (SSSR count). The molecular formula is C29H22N2O6S. The first kappa shape index (κ1) is 24.9. The van der Waals surface area contributed by atoms with Gasteiger partial charge in [-0.15, -0.1) is 11.8 Å². The Labute approximate surface area is 222 Å². The van der Waals surface area contributed by atoms with Crippen LogP contribution in [-0.2, 0) is 4.79 Å². The first-order valence-electron chi connectivity index (χ1n) is 11.6. The number of carbonyl (C=O) groups excluding carboxylic acids is 2. The van der Waals surface area contributed by atoms with E-state index in [-0.39, 0.29) is 23.8 Å². The molecule has 0 aromatic heterocycles. The van der Waals surface area contributed by atoms with Crippen LogP contribution in [0.4, 0.5) is 11.4 Å². The number of rotatable bonds is 8. The van der Waals surface area contributed by atoms with E-state index in [9.17, 15) is 19.5 Å². The molecule has 1 unspecified atom stereocenters. The van der Waals surface area contributed by atoms with Crippen molar-refractivity contribution < 1.29 is 29.0 Å². The molecule has 38 heavy (non-hydrogen) atoms. The van der Waals surface area contributed by atoms with Crippen molar-refractivity contribution in [1.82, 2.24) is 0 Å². The van der Waals surface area contributed by atoms with Gasteiger partial charge in [0.1, 0.15) is 5.25 Å². The number of benzene rings is 4. The lowest BCUT2D eigenvalue weighted by atomic mass is 10.1. The van der Waals surface area contributed by atoms with E-state index in [1.54, 1.807) is 48.5 Å². The number of carboxylic acid groups (broad SMARTS) is 1. The summed E-state index contributed by atoms with van der Waals surface area (Å²) in [5, 5.41) is 14.5. The smallest absolute Gasteiger partial charge is 0.336 e. The van der Waals surface area contributed by atoms with E-state index >= 15 is 0 Å². The second-order valence-electron chi connectivity index (χ2n) is 8.30. The summed E-state index contributed by atoms with van der Waals surface area (Å²) in [4.78, 5) is 38.5. The zero-order valence-corrected chi connectivity index (χ0v) is 20.7. The SMILES string of the molecule is O=C(O)c1ccccc1C(=O)Nc1cccc(SC(C(=O)Nc2ccc3c(c2)OCO3)c2ccccc2)c1. The summed E-state index contributed by atoms with van der Waals surface area (Å²) < 4.78 is 10.8. The summed E-state index contributed by atoms with van der Waals surface area (Å²) in [6.07, 6.45) is 0. The van der Waals surface area contributed by atoms with Crippen LogP contribution in [0.5, 0.6) is 11.5 Å². The third-order valence-corrected chi connectivity index (χ3v) is 6.98. The van der Waals surface area contributed by atoms with Crippen molar-refractivity contribution >= 4 is 40.9 Å². The number of amides is 2. The molecular weight excluding hydrogens is 504 g/mol. The van der Waals surface area contributed by atoms with Gasteiger partial charge in [-0.25, -0.2) is 4.79 Å². The van der Waals surface area contributed by atoms with Crippen molar-refractivity contribution in [3.63, 3.8) is 0 Å². The van der Waals surface area contributed by atoms with Crippen LogP contribution in [0.15, 0.2) is 102 Å². The van der Waals surface area contributed by atoms with Crippen LogP contribution in [0.1, 0.15) is 31.5 Å². The van der Waals surface area contributed by atoms with Crippen molar-refractivity contribution in [2.45, 2.75) is 10.1 Å². The number of carboxylic acids is 1.